The molecule has 1 unspecified atom stereocenters. The molecule has 2 N–H and O–H groups in total. The van der Waals surface area contributed by atoms with E-state index in [1.807, 2.05) is 55.3 Å². The highest BCUT2D eigenvalue weighted by Gasteiger charge is 2.07. The van der Waals surface area contributed by atoms with Crippen molar-refractivity contribution < 1.29 is 4.74 Å². The molecular weight excluding hydrogens is 238 g/mol. The third-order valence-corrected chi connectivity index (χ3v) is 3.10. The third kappa shape index (κ3) is 3.03. The van der Waals surface area contributed by atoms with Crippen LogP contribution in [0.2, 0.25) is 0 Å². The molecule has 1 atom stereocenters. The zero-order chi connectivity index (χ0) is 13.8. The fourth-order valence-corrected chi connectivity index (χ4v) is 1.84. The minimum Gasteiger partial charge on any atom is -0.497 e. The number of ether oxygens (including phenoxy) is 1. The number of hydrogen-bond acceptors (Lipinski definition) is 4. The van der Waals surface area contributed by atoms with Gasteiger partial charge in [-0.25, -0.2) is 4.98 Å². The van der Waals surface area contributed by atoms with Crippen LogP contribution in [0.5, 0.6) is 5.75 Å². The highest BCUT2D eigenvalue weighted by Crippen LogP contribution is 2.25. The lowest BCUT2D eigenvalue weighted by Crippen LogP contribution is -2.13. The van der Waals surface area contributed by atoms with Gasteiger partial charge in [-0.3, -0.25) is 0 Å². The Labute approximate surface area is 113 Å². The standard InChI is InChI=1S/C15H19N3O/c1-11(16)12-8-9-17-15(10-12)18(2)13-4-6-14(19-3)7-5-13/h4-11H,16H2,1-3H3. The van der Waals surface area contributed by atoms with E-state index in [0.717, 1.165) is 22.8 Å². The predicted molar refractivity (Wildman–Crippen MR) is 77.9 cm³/mol. The number of pyridine rings is 1. The maximum Gasteiger partial charge on any atom is 0.132 e. The van der Waals surface area contributed by atoms with Gasteiger partial charge >= 0.3 is 0 Å². The van der Waals surface area contributed by atoms with Crippen molar-refractivity contribution in [2.24, 2.45) is 5.73 Å². The summed E-state index contributed by atoms with van der Waals surface area (Å²) in [5.74, 6) is 1.72. The number of methoxy groups -OCH3 is 1. The molecular formula is C15H19N3O. The molecule has 1 aromatic heterocycles. The normalized spacial score (nSPS) is 12.0. The van der Waals surface area contributed by atoms with Crippen molar-refractivity contribution in [3.63, 3.8) is 0 Å². The van der Waals surface area contributed by atoms with E-state index in [-0.39, 0.29) is 6.04 Å². The van der Waals surface area contributed by atoms with Crippen molar-refractivity contribution in [2.45, 2.75) is 13.0 Å². The zero-order valence-electron chi connectivity index (χ0n) is 11.5. The fourth-order valence-electron chi connectivity index (χ4n) is 1.84. The Kier molecular flexibility index (Phi) is 4.02. The second-order valence-electron chi connectivity index (χ2n) is 4.49. The maximum absolute atomic E-state index is 5.90. The average Bonchev–Trinajstić information content (AvgIpc) is 2.46. The molecule has 0 saturated heterocycles. The zero-order valence-corrected chi connectivity index (χ0v) is 11.5. The van der Waals surface area contributed by atoms with Gasteiger partial charge in [-0.1, -0.05) is 0 Å². The van der Waals surface area contributed by atoms with Gasteiger partial charge in [-0.2, -0.15) is 0 Å². The van der Waals surface area contributed by atoms with Gasteiger partial charge in [-0.15, -0.1) is 0 Å². The van der Waals surface area contributed by atoms with Crippen LogP contribution >= 0.6 is 0 Å². The number of anilines is 2. The van der Waals surface area contributed by atoms with Crippen molar-refractivity contribution >= 4 is 11.5 Å². The second kappa shape index (κ2) is 5.71. The first-order chi connectivity index (χ1) is 9.11. The molecule has 0 fully saturated rings. The van der Waals surface area contributed by atoms with Gasteiger partial charge < -0.3 is 15.4 Å². The Balaban J connectivity index is 2.27. The SMILES string of the molecule is COc1ccc(N(C)c2cc(C(C)N)ccn2)cc1. The Hall–Kier alpha value is -2.07. The summed E-state index contributed by atoms with van der Waals surface area (Å²) in [6, 6.07) is 11.8. The smallest absolute Gasteiger partial charge is 0.132 e. The van der Waals surface area contributed by atoms with Crippen molar-refractivity contribution in [1.29, 1.82) is 0 Å². The molecule has 19 heavy (non-hydrogen) atoms. The molecule has 2 aromatic rings. The van der Waals surface area contributed by atoms with Crippen molar-refractivity contribution in [3.8, 4) is 5.75 Å². The van der Waals surface area contributed by atoms with Crippen LogP contribution in [-0.2, 0) is 0 Å². The lowest BCUT2D eigenvalue weighted by molar-refractivity contribution is 0.415. The largest absolute Gasteiger partial charge is 0.497 e. The average molecular weight is 257 g/mol. The third-order valence-electron chi connectivity index (χ3n) is 3.10. The molecule has 100 valence electrons. The molecule has 1 aromatic carbocycles. The minimum absolute atomic E-state index is 0.00557. The van der Waals surface area contributed by atoms with Gasteiger partial charge in [0.15, 0.2) is 0 Å². The molecule has 0 saturated carbocycles. The van der Waals surface area contributed by atoms with Gasteiger partial charge in [0.25, 0.3) is 0 Å². The van der Waals surface area contributed by atoms with Crippen LogP contribution in [-0.4, -0.2) is 19.1 Å². The Bertz CT molecular complexity index is 537. The Morgan fingerprint density at radius 2 is 1.89 bits per heavy atom. The van der Waals surface area contributed by atoms with Crippen molar-refractivity contribution in [1.82, 2.24) is 4.98 Å². The summed E-state index contributed by atoms with van der Waals surface area (Å²) in [4.78, 5) is 6.40. The molecule has 0 spiro atoms. The molecule has 2 rings (SSSR count). The highest BCUT2D eigenvalue weighted by atomic mass is 16.5. The van der Waals surface area contributed by atoms with E-state index in [1.165, 1.54) is 0 Å². The highest BCUT2D eigenvalue weighted by molar-refractivity contribution is 5.60. The second-order valence-corrected chi connectivity index (χ2v) is 4.49. The van der Waals surface area contributed by atoms with Crippen LogP contribution in [0.15, 0.2) is 42.6 Å². The summed E-state index contributed by atoms with van der Waals surface area (Å²) in [6.45, 7) is 1.96. The fraction of sp³-hybridized carbons (Fsp3) is 0.267. The molecule has 0 radical (unpaired) electrons. The topological polar surface area (TPSA) is 51.4 Å². The molecule has 4 heteroatoms. The van der Waals surface area contributed by atoms with E-state index in [9.17, 15) is 0 Å². The Morgan fingerprint density at radius 3 is 2.47 bits per heavy atom. The molecule has 0 bridgehead atoms. The van der Waals surface area contributed by atoms with Crippen LogP contribution in [0.1, 0.15) is 18.5 Å². The lowest BCUT2D eigenvalue weighted by atomic mass is 10.1. The number of rotatable bonds is 4. The van der Waals surface area contributed by atoms with Crippen LogP contribution in [0.25, 0.3) is 0 Å². The quantitative estimate of drug-likeness (QED) is 0.915. The number of aromatic nitrogens is 1. The van der Waals surface area contributed by atoms with Crippen molar-refractivity contribution in [2.75, 3.05) is 19.1 Å². The summed E-state index contributed by atoms with van der Waals surface area (Å²) in [6.07, 6.45) is 1.79. The summed E-state index contributed by atoms with van der Waals surface area (Å²) >= 11 is 0. The molecule has 0 aliphatic carbocycles. The lowest BCUT2D eigenvalue weighted by Gasteiger charge is -2.19. The molecule has 4 nitrogen and oxygen atoms in total. The van der Waals surface area contributed by atoms with E-state index in [1.54, 1.807) is 13.3 Å². The molecule has 0 amide bonds. The van der Waals surface area contributed by atoms with Gasteiger partial charge in [0.05, 0.1) is 7.11 Å². The summed E-state index contributed by atoms with van der Waals surface area (Å²) in [5, 5.41) is 0. The van der Waals surface area contributed by atoms with Gasteiger partial charge in [0.2, 0.25) is 0 Å². The summed E-state index contributed by atoms with van der Waals surface area (Å²) in [7, 11) is 3.64. The van der Waals surface area contributed by atoms with Gasteiger partial charge in [-0.05, 0) is 48.9 Å². The first-order valence-electron chi connectivity index (χ1n) is 6.21. The Morgan fingerprint density at radius 1 is 1.21 bits per heavy atom. The maximum atomic E-state index is 5.90. The van der Waals surface area contributed by atoms with E-state index >= 15 is 0 Å². The van der Waals surface area contributed by atoms with Gasteiger partial charge in [0.1, 0.15) is 11.6 Å². The first-order valence-corrected chi connectivity index (χ1v) is 6.21. The monoisotopic (exact) mass is 257 g/mol. The predicted octanol–water partition coefficient (Wildman–Crippen LogP) is 2.88. The number of hydrogen-bond donors (Lipinski definition) is 1. The molecule has 0 aliphatic heterocycles. The van der Waals surface area contributed by atoms with Gasteiger partial charge in [0, 0.05) is 25.0 Å². The van der Waals surface area contributed by atoms with Crippen molar-refractivity contribution in [3.05, 3.63) is 48.2 Å². The van der Waals surface area contributed by atoms with E-state index < -0.39 is 0 Å². The summed E-state index contributed by atoms with van der Waals surface area (Å²) < 4.78 is 5.15. The van der Waals surface area contributed by atoms with E-state index in [4.69, 9.17) is 10.5 Å². The minimum atomic E-state index is 0.00557. The summed E-state index contributed by atoms with van der Waals surface area (Å²) in [5.41, 5.74) is 8.02. The van der Waals surface area contributed by atoms with Crippen LogP contribution in [0.3, 0.4) is 0 Å². The number of benzene rings is 1. The van der Waals surface area contributed by atoms with E-state index in [0.29, 0.717) is 0 Å². The molecule has 0 aliphatic rings. The van der Waals surface area contributed by atoms with Crippen LogP contribution < -0.4 is 15.4 Å². The first kappa shape index (κ1) is 13.4. The number of nitrogens with zero attached hydrogens (tertiary/aromatic N) is 2. The molecule has 1 heterocycles. The number of nitrogens with two attached hydrogens (primary N) is 1. The van der Waals surface area contributed by atoms with Crippen LogP contribution in [0.4, 0.5) is 11.5 Å². The van der Waals surface area contributed by atoms with Crippen LogP contribution in [0, 0.1) is 0 Å². The van der Waals surface area contributed by atoms with E-state index in [2.05, 4.69) is 4.98 Å².